The maximum Gasteiger partial charge on any atom is 0.126 e. The molecule has 0 aliphatic carbocycles. The Kier molecular flexibility index (Phi) is 5.71. The second-order valence-electron chi connectivity index (χ2n) is 6.86. The van der Waals surface area contributed by atoms with Gasteiger partial charge in [-0.05, 0) is 43.0 Å². The number of rotatable bonds is 8. The van der Waals surface area contributed by atoms with Crippen LogP contribution < -0.4 is 10.5 Å². The first-order valence-electron chi connectivity index (χ1n) is 9.03. The zero-order valence-electron chi connectivity index (χ0n) is 15.1. The van der Waals surface area contributed by atoms with Gasteiger partial charge in [0.25, 0.3) is 0 Å². The van der Waals surface area contributed by atoms with Gasteiger partial charge in [-0.25, -0.2) is 4.98 Å². The third-order valence-electron chi connectivity index (χ3n) is 4.28. The highest BCUT2D eigenvalue weighted by Gasteiger charge is 2.17. The standard InChI is InChI=1S/C21H27N3O/c1-16(2)15-18(22)21-23-19-11-6-7-12-20(19)24(21)13-8-14-25-17-9-4-3-5-10-17/h3-7,9-12,16,18H,8,13-15,22H2,1-2H3. The van der Waals surface area contributed by atoms with E-state index >= 15 is 0 Å². The predicted molar refractivity (Wildman–Crippen MR) is 103 cm³/mol. The van der Waals surface area contributed by atoms with E-state index in [9.17, 15) is 0 Å². The summed E-state index contributed by atoms with van der Waals surface area (Å²) < 4.78 is 8.08. The molecule has 2 aromatic carbocycles. The topological polar surface area (TPSA) is 53.1 Å². The molecule has 3 aromatic rings. The Morgan fingerprint density at radius 2 is 1.76 bits per heavy atom. The van der Waals surface area contributed by atoms with Gasteiger partial charge in [0.2, 0.25) is 0 Å². The number of nitrogens with two attached hydrogens (primary N) is 1. The molecule has 0 amide bonds. The minimum atomic E-state index is -0.0394. The number of hydrogen-bond acceptors (Lipinski definition) is 3. The Labute approximate surface area is 149 Å². The lowest BCUT2D eigenvalue weighted by molar-refractivity contribution is 0.301. The van der Waals surface area contributed by atoms with Crippen molar-refractivity contribution in [1.82, 2.24) is 9.55 Å². The highest BCUT2D eigenvalue weighted by Crippen LogP contribution is 2.24. The van der Waals surface area contributed by atoms with Gasteiger partial charge in [-0.2, -0.15) is 0 Å². The van der Waals surface area contributed by atoms with E-state index in [2.05, 4.69) is 36.6 Å². The summed E-state index contributed by atoms with van der Waals surface area (Å²) in [5, 5.41) is 0. The number of fused-ring (bicyclic) bond motifs is 1. The highest BCUT2D eigenvalue weighted by atomic mass is 16.5. The number of ether oxygens (including phenoxy) is 1. The van der Waals surface area contributed by atoms with Gasteiger partial charge >= 0.3 is 0 Å². The average Bonchev–Trinajstić information content (AvgIpc) is 2.98. The largest absolute Gasteiger partial charge is 0.494 e. The van der Waals surface area contributed by atoms with Gasteiger partial charge in [-0.15, -0.1) is 0 Å². The van der Waals surface area contributed by atoms with Crippen LogP contribution in [-0.4, -0.2) is 16.2 Å². The van der Waals surface area contributed by atoms with Gasteiger partial charge in [-0.3, -0.25) is 0 Å². The Morgan fingerprint density at radius 1 is 1.04 bits per heavy atom. The third kappa shape index (κ3) is 4.40. The van der Waals surface area contributed by atoms with Crippen molar-refractivity contribution in [3.63, 3.8) is 0 Å². The van der Waals surface area contributed by atoms with E-state index in [1.807, 2.05) is 36.4 Å². The molecule has 0 saturated carbocycles. The molecule has 4 heteroatoms. The smallest absolute Gasteiger partial charge is 0.126 e. The van der Waals surface area contributed by atoms with Crippen molar-refractivity contribution in [2.45, 2.75) is 39.3 Å². The summed E-state index contributed by atoms with van der Waals surface area (Å²) >= 11 is 0. The summed E-state index contributed by atoms with van der Waals surface area (Å²) in [6.45, 7) is 5.92. The fraction of sp³-hybridized carbons (Fsp3) is 0.381. The number of aryl methyl sites for hydroxylation is 1. The third-order valence-corrected chi connectivity index (χ3v) is 4.28. The van der Waals surface area contributed by atoms with E-state index in [-0.39, 0.29) is 6.04 Å². The van der Waals surface area contributed by atoms with E-state index in [1.54, 1.807) is 0 Å². The quantitative estimate of drug-likeness (QED) is 0.613. The van der Waals surface area contributed by atoms with Crippen LogP contribution in [0.25, 0.3) is 11.0 Å². The molecule has 132 valence electrons. The molecular formula is C21H27N3O. The number of hydrogen-bond donors (Lipinski definition) is 1. The van der Waals surface area contributed by atoms with Crippen LogP contribution >= 0.6 is 0 Å². The van der Waals surface area contributed by atoms with Crippen LogP contribution in [0.4, 0.5) is 0 Å². The average molecular weight is 337 g/mol. The fourth-order valence-electron chi connectivity index (χ4n) is 3.15. The number of aromatic nitrogens is 2. The molecular weight excluding hydrogens is 310 g/mol. The molecule has 0 aliphatic rings. The molecule has 0 aliphatic heterocycles. The van der Waals surface area contributed by atoms with Crippen LogP contribution in [0.2, 0.25) is 0 Å². The molecule has 4 nitrogen and oxygen atoms in total. The Bertz CT molecular complexity index is 795. The lowest BCUT2D eigenvalue weighted by Gasteiger charge is -2.16. The van der Waals surface area contributed by atoms with Crippen LogP contribution in [0.1, 0.15) is 38.6 Å². The summed E-state index contributed by atoms with van der Waals surface area (Å²) in [7, 11) is 0. The van der Waals surface area contributed by atoms with Gasteiger partial charge in [-0.1, -0.05) is 44.2 Å². The first-order valence-corrected chi connectivity index (χ1v) is 9.03. The van der Waals surface area contributed by atoms with E-state index < -0.39 is 0 Å². The van der Waals surface area contributed by atoms with Crippen molar-refractivity contribution in [3.8, 4) is 5.75 Å². The maximum atomic E-state index is 6.44. The molecule has 0 saturated heterocycles. The minimum Gasteiger partial charge on any atom is -0.494 e. The lowest BCUT2D eigenvalue weighted by atomic mass is 10.0. The fourth-order valence-corrected chi connectivity index (χ4v) is 3.15. The highest BCUT2D eigenvalue weighted by molar-refractivity contribution is 5.76. The van der Waals surface area contributed by atoms with E-state index in [4.69, 9.17) is 15.5 Å². The number of para-hydroxylation sites is 3. The van der Waals surface area contributed by atoms with Crippen molar-refractivity contribution in [2.75, 3.05) is 6.61 Å². The summed E-state index contributed by atoms with van der Waals surface area (Å²) in [5.74, 6) is 2.44. The zero-order valence-corrected chi connectivity index (χ0v) is 15.1. The summed E-state index contributed by atoms with van der Waals surface area (Å²) in [6.07, 6.45) is 1.85. The molecule has 0 spiro atoms. The summed E-state index contributed by atoms with van der Waals surface area (Å²) in [5.41, 5.74) is 8.61. The van der Waals surface area contributed by atoms with Crippen LogP contribution in [0, 0.1) is 5.92 Å². The number of nitrogens with zero attached hydrogens (tertiary/aromatic N) is 2. The van der Waals surface area contributed by atoms with Crippen LogP contribution in [0.5, 0.6) is 5.75 Å². The van der Waals surface area contributed by atoms with Gasteiger partial charge in [0, 0.05) is 6.54 Å². The lowest BCUT2D eigenvalue weighted by Crippen LogP contribution is -2.19. The van der Waals surface area contributed by atoms with E-state index in [0.717, 1.165) is 42.0 Å². The normalized spacial score (nSPS) is 12.6. The van der Waals surface area contributed by atoms with Crippen molar-refractivity contribution < 1.29 is 4.74 Å². The van der Waals surface area contributed by atoms with Crippen LogP contribution in [0.15, 0.2) is 54.6 Å². The minimum absolute atomic E-state index is 0.0394. The maximum absolute atomic E-state index is 6.44. The molecule has 1 aromatic heterocycles. The number of benzene rings is 2. The van der Waals surface area contributed by atoms with Crippen molar-refractivity contribution in [1.29, 1.82) is 0 Å². The Hall–Kier alpha value is -2.33. The molecule has 1 unspecified atom stereocenters. The van der Waals surface area contributed by atoms with Gasteiger partial charge < -0.3 is 15.0 Å². The van der Waals surface area contributed by atoms with Crippen molar-refractivity contribution in [2.24, 2.45) is 11.7 Å². The Morgan fingerprint density at radius 3 is 2.52 bits per heavy atom. The monoisotopic (exact) mass is 337 g/mol. The second kappa shape index (κ2) is 8.17. The van der Waals surface area contributed by atoms with Crippen molar-refractivity contribution in [3.05, 3.63) is 60.4 Å². The zero-order chi connectivity index (χ0) is 17.6. The molecule has 0 bridgehead atoms. The molecule has 25 heavy (non-hydrogen) atoms. The molecule has 1 atom stereocenters. The molecule has 2 N–H and O–H groups in total. The Balaban J connectivity index is 1.72. The second-order valence-corrected chi connectivity index (χ2v) is 6.86. The predicted octanol–water partition coefficient (Wildman–Crippen LogP) is 4.55. The first-order chi connectivity index (χ1) is 12.1. The molecule has 1 heterocycles. The van der Waals surface area contributed by atoms with Gasteiger partial charge in [0.1, 0.15) is 11.6 Å². The molecule has 0 fully saturated rings. The molecule has 3 rings (SSSR count). The van der Waals surface area contributed by atoms with Gasteiger partial charge in [0.15, 0.2) is 0 Å². The summed E-state index contributed by atoms with van der Waals surface area (Å²) in [4.78, 5) is 4.80. The first kappa shape index (κ1) is 17.5. The van der Waals surface area contributed by atoms with Crippen LogP contribution in [0.3, 0.4) is 0 Å². The van der Waals surface area contributed by atoms with Crippen LogP contribution in [-0.2, 0) is 6.54 Å². The number of imidazole rings is 1. The summed E-state index contributed by atoms with van der Waals surface area (Å²) in [6, 6.07) is 18.1. The molecule has 0 radical (unpaired) electrons. The van der Waals surface area contributed by atoms with E-state index in [1.165, 1.54) is 0 Å². The SMILES string of the molecule is CC(C)CC(N)c1nc2ccccc2n1CCCOc1ccccc1. The van der Waals surface area contributed by atoms with E-state index in [0.29, 0.717) is 12.5 Å². The van der Waals surface area contributed by atoms with Gasteiger partial charge in [0.05, 0.1) is 23.7 Å². The van der Waals surface area contributed by atoms with Crippen molar-refractivity contribution >= 4 is 11.0 Å².